The SMILES string of the molecule is Cc1[nH]c2c(Br)cccc2c(=O)c1CCC#N. The molecule has 1 aromatic heterocycles. The molecule has 86 valence electrons. The van der Waals surface area contributed by atoms with Crippen LogP contribution in [0.1, 0.15) is 17.7 Å². The second-order valence-corrected chi connectivity index (χ2v) is 4.73. The predicted octanol–water partition coefficient (Wildman–Crippen LogP) is 3.06. The van der Waals surface area contributed by atoms with Crippen molar-refractivity contribution in [1.82, 2.24) is 4.98 Å². The smallest absolute Gasteiger partial charge is 0.192 e. The summed E-state index contributed by atoms with van der Waals surface area (Å²) in [6.07, 6.45) is 0.865. The zero-order chi connectivity index (χ0) is 12.4. The quantitative estimate of drug-likeness (QED) is 0.924. The minimum atomic E-state index is 0.0211. The third kappa shape index (κ3) is 2.11. The molecule has 1 heterocycles. The first kappa shape index (κ1) is 11.9. The van der Waals surface area contributed by atoms with Gasteiger partial charge in [-0.15, -0.1) is 0 Å². The van der Waals surface area contributed by atoms with Crippen molar-refractivity contribution < 1.29 is 0 Å². The monoisotopic (exact) mass is 290 g/mol. The van der Waals surface area contributed by atoms with Gasteiger partial charge in [-0.25, -0.2) is 0 Å². The summed E-state index contributed by atoms with van der Waals surface area (Å²) >= 11 is 3.42. The van der Waals surface area contributed by atoms with E-state index in [1.807, 2.05) is 19.1 Å². The van der Waals surface area contributed by atoms with Gasteiger partial charge >= 0.3 is 0 Å². The molecule has 3 nitrogen and oxygen atoms in total. The molecule has 2 aromatic rings. The van der Waals surface area contributed by atoms with Gasteiger partial charge in [0.25, 0.3) is 0 Å². The lowest BCUT2D eigenvalue weighted by Crippen LogP contribution is -2.13. The fraction of sp³-hybridized carbons (Fsp3) is 0.231. The highest BCUT2D eigenvalue weighted by Gasteiger charge is 2.10. The number of nitrogens with one attached hydrogen (secondary N) is 1. The molecule has 4 heteroatoms. The topological polar surface area (TPSA) is 56.6 Å². The molecule has 0 aliphatic rings. The van der Waals surface area contributed by atoms with Gasteiger partial charge in [0, 0.05) is 27.5 Å². The van der Waals surface area contributed by atoms with Crippen LogP contribution >= 0.6 is 15.9 Å². The molecule has 0 saturated heterocycles. The summed E-state index contributed by atoms with van der Waals surface area (Å²) in [6.45, 7) is 1.87. The normalized spacial score (nSPS) is 10.4. The van der Waals surface area contributed by atoms with Gasteiger partial charge in [-0.2, -0.15) is 5.26 Å². The molecule has 1 aromatic carbocycles. The molecular formula is C13H11BrN2O. The minimum absolute atomic E-state index is 0.0211. The zero-order valence-electron chi connectivity index (χ0n) is 9.38. The van der Waals surface area contributed by atoms with Gasteiger partial charge in [0.1, 0.15) is 0 Å². The first-order chi connectivity index (χ1) is 8.15. The molecule has 1 N–H and O–H groups in total. The number of H-pyrrole nitrogens is 1. The van der Waals surface area contributed by atoms with E-state index in [1.54, 1.807) is 6.07 Å². The number of hydrogen-bond donors (Lipinski definition) is 1. The van der Waals surface area contributed by atoms with Gasteiger partial charge in [-0.05, 0) is 41.4 Å². The van der Waals surface area contributed by atoms with E-state index >= 15 is 0 Å². The van der Waals surface area contributed by atoms with Crippen molar-refractivity contribution in [2.45, 2.75) is 19.8 Å². The number of hydrogen-bond acceptors (Lipinski definition) is 2. The van der Waals surface area contributed by atoms with Crippen LogP contribution < -0.4 is 5.43 Å². The van der Waals surface area contributed by atoms with Crippen molar-refractivity contribution in [2.24, 2.45) is 0 Å². The molecule has 0 fully saturated rings. The van der Waals surface area contributed by atoms with Crippen LogP contribution in [0.15, 0.2) is 27.5 Å². The lowest BCUT2D eigenvalue weighted by Gasteiger charge is -2.07. The Hall–Kier alpha value is -1.60. The van der Waals surface area contributed by atoms with Crippen LogP contribution in [0.2, 0.25) is 0 Å². The highest BCUT2D eigenvalue weighted by molar-refractivity contribution is 9.10. The number of nitrogens with zero attached hydrogens (tertiary/aromatic N) is 1. The van der Waals surface area contributed by atoms with Crippen molar-refractivity contribution in [2.75, 3.05) is 0 Å². The van der Waals surface area contributed by atoms with E-state index in [-0.39, 0.29) is 5.43 Å². The number of halogens is 1. The van der Waals surface area contributed by atoms with Crippen molar-refractivity contribution in [3.8, 4) is 6.07 Å². The van der Waals surface area contributed by atoms with E-state index in [2.05, 4.69) is 27.0 Å². The minimum Gasteiger partial charge on any atom is -0.357 e. The fourth-order valence-electron chi connectivity index (χ4n) is 1.92. The molecule has 0 radical (unpaired) electrons. The molecule has 0 spiro atoms. The maximum Gasteiger partial charge on any atom is 0.192 e. The lowest BCUT2D eigenvalue weighted by molar-refractivity contribution is 0.967. The van der Waals surface area contributed by atoms with Gasteiger partial charge in [0.05, 0.1) is 11.6 Å². The highest BCUT2D eigenvalue weighted by Crippen LogP contribution is 2.21. The number of aryl methyl sites for hydroxylation is 1. The summed E-state index contributed by atoms with van der Waals surface area (Å²) < 4.78 is 0.877. The molecule has 0 aliphatic heterocycles. The van der Waals surface area contributed by atoms with Crippen molar-refractivity contribution >= 4 is 26.8 Å². The number of fused-ring (bicyclic) bond motifs is 1. The Kier molecular flexibility index (Phi) is 3.30. The summed E-state index contributed by atoms with van der Waals surface area (Å²) in [4.78, 5) is 15.5. The average molecular weight is 291 g/mol. The van der Waals surface area contributed by atoms with Crippen LogP contribution in [0.25, 0.3) is 10.9 Å². The Morgan fingerprint density at radius 3 is 2.94 bits per heavy atom. The largest absolute Gasteiger partial charge is 0.357 e. The van der Waals surface area contributed by atoms with Crippen LogP contribution in [0.4, 0.5) is 0 Å². The van der Waals surface area contributed by atoms with Crippen LogP contribution in [0, 0.1) is 18.3 Å². The van der Waals surface area contributed by atoms with Crippen molar-refractivity contribution in [3.63, 3.8) is 0 Å². The number of rotatable bonds is 2. The van der Waals surface area contributed by atoms with Crippen LogP contribution in [-0.2, 0) is 6.42 Å². The number of pyridine rings is 1. The third-order valence-corrected chi connectivity index (χ3v) is 3.45. The summed E-state index contributed by atoms with van der Waals surface area (Å²) in [5.41, 5.74) is 2.38. The Balaban J connectivity index is 2.73. The van der Waals surface area contributed by atoms with Crippen LogP contribution in [-0.4, -0.2) is 4.98 Å². The Morgan fingerprint density at radius 2 is 2.24 bits per heavy atom. The Labute approximate surface area is 107 Å². The molecule has 0 amide bonds. The highest BCUT2D eigenvalue weighted by atomic mass is 79.9. The van der Waals surface area contributed by atoms with E-state index in [9.17, 15) is 4.79 Å². The number of aromatic nitrogens is 1. The van der Waals surface area contributed by atoms with Gasteiger partial charge in [0.2, 0.25) is 0 Å². The first-order valence-electron chi connectivity index (χ1n) is 5.32. The molecule has 2 rings (SSSR count). The second kappa shape index (κ2) is 4.72. The summed E-state index contributed by atoms with van der Waals surface area (Å²) in [7, 11) is 0. The lowest BCUT2D eigenvalue weighted by atomic mass is 10.0. The maximum atomic E-state index is 12.3. The molecule has 0 aliphatic carbocycles. The summed E-state index contributed by atoms with van der Waals surface area (Å²) in [6, 6.07) is 7.60. The third-order valence-electron chi connectivity index (χ3n) is 2.78. The number of nitriles is 1. The molecule has 0 atom stereocenters. The summed E-state index contributed by atoms with van der Waals surface area (Å²) in [5.74, 6) is 0. The van der Waals surface area contributed by atoms with E-state index in [0.29, 0.717) is 23.8 Å². The number of para-hydroxylation sites is 1. The van der Waals surface area contributed by atoms with Crippen molar-refractivity contribution in [3.05, 3.63) is 44.2 Å². The predicted molar refractivity (Wildman–Crippen MR) is 70.9 cm³/mol. The first-order valence-corrected chi connectivity index (χ1v) is 6.11. The van der Waals surface area contributed by atoms with E-state index in [1.165, 1.54) is 0 Å². The van der Waals surface area contributed by atoms with E-state index in [4.69, 9.17) is 5.26 Å². The molecule has 0 bridgehead atoms. The van der Waals surface area contributed by atoms with Crippen molar-refractivity contribution in [1.29, 1.82) is 5.26 Å². The standard InChI is InChI=1S/C13H11BrN2O/c1-8-9(5-3-7-15)13(17)10-4-2-6-11(14)12(10)16-8/h2,4,6H,3,5H2,1H3,(H,16,17). The second-order valence-electron chi connectivity index (χ2n) is 3.88. The average Bonchev–Trinajstić information content (AvgIpc) is 2.31. The molecule has 0 saturated carbocycles. The molecule has 17 heavy (non-hydrogen) atoms. The number of aromatic amines is 1. The van der Waals surface area contributed by atoms with E-state index in [0.717, 1.165) is 15.7 Å². The maximum absolute atomic E-state index is 12.3. The van der Waals surface area contributed by atoms with Crippen LogP contribution in [0.3, 0.4) is 0 Å². The Morgan fingerprint density at radius 1 is 1.47 bits per heavy atom. The molecule has 0 unspecified atom stereocenters. The zero-order valence-corrected chi connectivity index (χ0v) is 11.0. The fourth-order valence-corrected chi connectivity index (χ4v) is 2.38. The van der Waals surface area contributed by atoms with Gasteiger partial charge in [0.15, 0.2) is 5.43 Å². The van der Waals surface area contributed by atoms with Gasteiger partial charge < -0.3 is 4.98 Å². The number of benzene rings is 1. The van der Waals surface area contributed by atoms with E-state index < -0.39 is 0 Å². The van der Waals surface area contributed by atoms with Gasteiger partial charge in [-0.1, -0.05) is 6.07 Å². The van der Waals surface area contributed by atoms with Crippen LogP contribution in [0.5, 0.6) is 0 Å². The molecular weight excluding hydrogens is 280 g/mol. The van der Waals surface area contributed by atoms with Gasteiger partial charge in [-0.3, -0.25) is 4.79 Å². The summed E-state index contributed by atoms with van der Waals surface area (Å²) in [5, 5.41) is 9.26. The Bertz CT molecular complexity index is 667.